The molecule has 7 nitrogen and oxygen atoms in total. The van der Waals surface area contributed by atoms with Crippen molar-refractivity contribution in [3.63, 3.8) is 0 Å². The first kappa shape index (κ1) is 19.7. The molecule has 30 heavy (non-hydrogen) atoms. The van der Waals surface area contributed by atoms with Gasteiger partial charge in [0.15, 0.2) is 27.8 Å². The first-order chi connectivity index (χ1) is 14.6. The van der Waals surface area contributed by atoms with E-state index in [-0.39, 0.29) is 5.69 Å². The molecule has 0 radical (unpaired) electrons. The summed E-state index contributed by atoms with van der Waals surface area (Å²) in [5, 5.41) is 3.89. The van der Waals surface area contributed by atoms with Gasteiger partial charge in [-0.15, -0.1) is 6.58 Å². The number of rotatable bonds is 6. The number of ether oxygens (including phenoxy) is 2. The molecule has 0 unspecified atom stereocenters. The normalized spacial score (nSPS) is 11.6. The fourth-order valence-electron chi connectivity index (χ4n) is 3.05. The van der Waals surface area contributed by atoms with Gasteiger partial charge in [0.1, 0.15) is 0 Å². The number of benzene rings is 2. The zero-order chi connectivity index (χ0) is 21.1. The largest absolute Gasteiger partial charge is 0.493 e. The van der Waals surface area contributed by atoms with Gasteiger partial charge >= 0.3 is 5.91 Å². The van der Waals surface area contributed by atoms with E-state index in [0.29, 0.717) is 28.6 Å². The van der Waals surface area contributed by atoms with Crippen LogP contribution in [0, 0.1) is 0 Å². The third-order valence-corrected chi connectivity index (χ3v) is 5.53. The number of aromatic nitrogens is 2. The topological polar surface area (TPSA) is 78.9 Å². The van der Waals surface area contributed by atoms with E-state index in [4.69, 9.17) is 14.0 Å². The van der Waals surface area contributed by atoms with Gasteiger partial charge in [0, 0.05) is 30.3 Å². The minimum atomic E-state index is -0.482. The molecule has 8 heteroatoms. The Balaban J connectivity index is 1.78. The predicted molar refractivity (Wildman–Crippen MR) is 115 cm³/mol. The van der Waals surface area contributed by atoms with Crippen LogP contribution in [0.2, 0.25) is 0 Å². The van der Waals surface area contributed by atoms with Crippen molar-refractivity contribution in [1.82, 2.24) is 9.72 Å². The average molecular weight is 421 g/mol. The van der Waals surface area contributed by atoms with Crippen LogP contribution in [0.3, 0.4) is 0 Å². The van der Waals surface area contributed by atoms with Gasteiger partial charge in [-0.2, -0.15) is 4.99 Å². The molecular weight excluding hydrogens is 402 g/mol. The third-order valence-electron chi connectivity index (χ3n) is 4.48. The number of thiazole rings is 1. The Bertz CT molecular complexity index is 1280. The molecule has 0 fully saturated rings. The van der Waals surface area contributed by atoms with Gasteiger partial charge < -0.3 is 18.6 Å². The number of fused-ring (bicyclic) bond motifs is 1. The molecule has 152 valence electrons. The van der Waals surface area contributed by atoms with Crippen LogP contribution in [0.15, 0.2) is 70.7 Å². The lowest BCUT2D eigenvalue weighted by atomic mass is 10.1. The molecule has 1 amide bonds. The van der Waals surface area contributed by atoms with Gasteiger partial charge in [-0.25, -0.2) is 0 Å². The maximum absolute atomic E-state index is 12.8. The summed E-state index contributed by atoms with van der Waals surface area (Å²) in [7, 11) is 3.16. The fraction of sp³-hybridized carbons (Fsp3) is 0.136. The summed E-state index contributed by atoms with van der Waals surface area (Å²) in [6.07, 6.45) is 1.75. The van der Waals surface area contributed by atoms with Gasteiger partial charge in [-0.3, -0.25) is 4.79 Å². The molecule has 0 aliphatic rings. The Kier molecular flexibility index (Phi) is 5.49. The standard InChI is InChI=1S/C22H19N3O4S/c1-4-10-25-16-12-18(27-2)19(28-3)13-20(16)30-22(25)23-21(26)15-11-17(29-24-15)14-8-6-5-7-9-14/h4-9,11-13H,1,10H2,2-3H3. The fourth-order valence-corrected chi connectivity index (χ4v) is 4.09. The lowest BCUT2D eigenvalue weighted by Gasteiger charge is -2.08. The number of amides is 1. The number of carbonyl (C=O) groups excluding carboxylic acids is 1. The van der Waals surface area contributed by atoms with Gasteiger partial charge in [0.05, 0.1) is 24.4 Å². The number of carbonyl (C=O) groups is 1. The zero-order valence-electron chi connectivity index (χ0n) is 16.5. The summed E-state index contributed by atoms with van der Waals surface area (Å²) in [4.78, 5) is 17.6. The summed E-state index contributed by atoms with van der Waals surface area (Å²) in [5.41, 5.74) is 1.85. The number of hydrogen-bond acceptors (Lipinski definition) is 6. The molecule has 0 saturated carbocycles. The van der Waals surface area contributed by atoms with Gasteiger partial charge in [-0.1, -0.05) is 52.9 Å². The zero-order valence-corrected chi connectivity index (χ0v) is 17.3. The number of allylic oxidation sites excluding steroid dienone is 1. The second kappa shape index (κ2) is 8.38. The van der Waals surface area contributed by atoms with Crippen molar-refractivity contribution in [3.8, 4) is 22.8 Å². The van der Waals surface area contributed by atoms with Crippen LogP contribution in [0.25, 0.3) is 21.5 Å². The van der Waals surface area contributed by atoms with Gasteiger partial charge in [0.25, 0.3) is 0 Å². The molecule has 2 aromatic heterocycles. The minimum Gasteiger partial charge on any atom is -0.493 e. The van der Waals surface area contributed by atoms with Crippen molar-refractivity contribution >= 4 is 27.5 Å². The third kappa shape index (κ3) is 3.65. The van der Waals surface area contributed by atoms with Crippen LogP contribution < -0.4 is 14.3 Å². The molecule has 0 aliphatic heterocycles. The van der Waals surface area contributed by atoms with Crippen LogP contribution in [0.4, 0.5) is 0 Å². The summed E-state index contributed by atoms with van der Waals surface area (Å²) >= 11 is 1.37. The van der Waals surface area contributed by atoms with Crippen LogP contribution in [-0.2, 0) is 6.54 Å². The average Bonchev–Trinajstić information content (AvgIpc) is 3.39. The first-order valence-electron chi connectivity index (χ1n) is 9.12. The van der Waals surface area contributed by atoms with E-state index in [9.17, 15) is 4.79 Å². The summed E-state index contributed by atoms with van der Waals surface area (Å²) in [6, 6.07) is 14.8. The molecule has 0 atom stereocenters. The molecule has 0 N–H and O–H groups in total. The van der Waals surface area contributed by atoms with E-state index < -0.39 is 5.91 Å². The highest BCUT2D eigenvalue weighted by Crippen LogP contribution is 2.33. The van der Waals surface area contributed by atoms with Crippen LogP contribution in [0.5, 0.6) is 11.5 Å². The SMILES string of the molecule is C=CCn1c(=NC(=O)c2cc(-c3ccccc3)on2)sc2cc(OC)c(OC)cc21. The maximum Gasteiger partial charge on any atom is 0.301 e. The molecule has 2 heterocycles. The molecule has 2 aromatic carbocycles. The molecule has 4 rings (SSSR count). The Labute approximate surface area is 176 Å². The monoisotopic (exact) mass is 421 g/mol. The van der Waals surface area contributed by atoms with E-state index >= 15 is 0 Å². The van der Waals surface area contributed by atoms with Crippen molar-refractivity contribution in [3.05, 3.63) is 71.7 Å². The van der Waals surface area contributed by atoms with Gasteiger partial charge in [0.2, 0.25) is 0 Å². The first-order valence-corrected chi connectivity index (χ1v) is 9.93. The lowest BCUT2D eigenvalue weighted by molar-refractivity contribution is 0.0989. The number of nitrogens with zero attached hydrogens (tertiary/aromatic N) is 3. The molecule has 4 aromatic rings. The lowest BCUT2D eigenvalue weighted by Crippen LogP contribution is -2.16. The Hall–Kier alpha value is -3.65. The Morgan fingerprint density at radius 1 is 1.20 bits per heavy atom. The molecular formula is C22H19N3O4S. The second-order valence-corrected chi connectivity index (χ2v) is 7.33. The highest BCUT2D eigenvalue weighted by Gasteiger charge is 2.16. The van der Waals surface area contributed by atoms with Crippen LogP contribution in [0.1, 0.15) is 10.5 Å². The minimum absolute atomic E-state index is 0.145. The quantitative estimate of drug-likeness (QED) is 0.434. The Morgan fingerprint density at radius 2 is 1.93 bits per heavy atom. The van der Waals surface area contributed by atoms with E-state index in [1.54, 1.807) is 26.4 Å². The smallest absolute Gasteiger partial charge is 0.301 e. The summed E-state index contributed by atoms with van der Waals surface area (Å²) < 4.78 is 18.9. The van der Waals surface area contributed by atoms with Crippen molar-refractivity contribution < 1.29 is 18.8 Å². The molecule has 0 aliphatic carbocycles. The van der Waals surface area contributed by atoms with Crippen LogP contribution in [-0.4, -0.2) is 29.9 Å². The van der Waals surface area contributed by atoms with E-state index in [2.05, 4.69) is 16.7 Å². The van der Waals surface area contributed by atoms with Gasteiger partial charge in [-0.05, 0) is 0 Å². The van der Waals surface area contributed by atoms with Crippen molar-refractivity contribution in [1.29, 1.82) is 0 Å². The van der Waals surface area contributed by atoms with Crippen molar-refractivity contribution in [2.75, 3.05) is 14.2 Å². The van der Waals surface area contributed by atoms with E-state index in [0.717, 1.165) is 15.8 Å². The summed E-state index contributed by atoms with van der Waals surface area (Å²) in [6.45, 7) is 4.29. The molecule has 0 bridgehead atoms. The van der Waals surface area contributed by atoms with Crippen molar-refractivity contribution in [2.24, 2.45) is 4.99 Å². The molecule has 0 spiro atoms. The van der Waals surface area contributed by atoms with Crippen molar-refractivity contribution in [2.45, 2.75) is 6.54 Å². The number of methoxy groups -OCH3 is 2. The van der Waals surface area contributed by atoms with E-state index in [1.807, 2.05) is 47.0 Å². The predicted octanol–water partition coefficient (Wildman–Crippen LogP) is 4.30. The molecule has 0 saturated heterocycles. The summed E-state index contributed by atoms with van der Waals surface area (Å²) in [5.74, 6) is 1.24. The Morgan fingerprint density at radius 3 is 2.63 bits per heavy atom. The second-order valence-electron chi connectivity index (χ2n) is 6.32. The highest BCUT2D eigenvalue weighted by molar-refractivity contribution is 7.16. The highest BCUT2D eigenvalue weighted by atomic mass is 32.1. The van der Waals surface area contributed by atoms with E-state index in [1.165, 1.54) is 11.3 Å². The maximum atomic E-state index is 12.8. The number of hydrogen-bond donors (Lipinski definition) is 0. The van der Waals surface area contributed by atoms with Crippen LogP contribution >= 0.6 is 11.3 Å².